The Morgan fingerprint density at radius 2 is 1.47 bits per heavy atom. The summed E-state index contributed by atoms with van der Waals surface area (Å²) in [4.78, 5) is 42.2. The number of amides is 1. The molecular weight excluding hydrogens is 526 g/mol. The van der Waals surface area contributed by atoms with E-state index in [1.165, 1.54) is 0 Å². The van der Waals surface area contributed by atoms with Gasteiger partial charge < -0.3 is 15.1 Å². The molecule has 0 aromatic carbocycles. The highest BCUT2D eigenvalue weighted by atomic mass is 19.4. The summed E-state index contributed by atoms with van der Waals surface area (Å²) in [6.07, 6.45) is -6.48. The van der Waals surface area contributed by atoms with E-state index in [1.807, 2.05) is 18.3 Å². The van der Waals surface area contributed by atoms with E-state index >= 15 is 0 Å². The Kier molecular flexibility index (Phi) is 12.0. The fraction of sp³-hybridized carbons (Fsp3) is 0.652. The number of piperazine rings is 1. The van der Waals surface area contributed by atoms with Gasteiger partial charge in [0.15, 0.2) is 0 Å². The van der Waals surface area contributed by atoms with Crippen molar-refractivity contribution in [3.8, 4) is 0 Å². The van der Waals surface area contributed by atoms with Crippen molar-refractivity contribution in [1.82, 2.24) is 19.7 Å². The number of rotatable bonds is 4. The number of carbonyl (C=O) groups excluding carboxylic acids is 1. The van der Waals surface area contributed by atoms with Gasteiger partial charge in [0.05, 0.1) is 5.69 Å². The summed E-state index contributed by atoms with van der Waals surface area (Å²) in [5.41, 5.74) is 0.825. The number of nitrogens with zero attached hydrogens (tertiary/aromatic N) is 4. The number of pyridine rings is 1. The van der Waals surface area contributed by atoms with Gasteiger partial charge in [0.25, 0.3) is 0 Å². The standard InChI is InChI=1S/C19H30N4O.2C2HF3O2/c1-16(2)14-23-13-12-21(3)19(18(23)24)7-10-22(11-8-19)15-17-6-4-5-9-20-17;2*3-2(4,5)1(6)7/h4-6,9,16H,7-8,10-15H2,1-3H3;2*(H,6,7). The minimum absolute atomic E-state index is 0.284. The molecule has 2 aliphatic rings. The van der Waals surface area contributed by atoms with Gasteiger partial charge >= 0.3 is 24.3 Å². The van der Waals surface area contributed by atoms with E-state index in [-0.39, 0.29) is 5.54 Å². The predicted molar refractivity (Wildman–Crippen MR) is 123 cm³/mol. The molecule has 9 nitrogen and oxygen atoms in total. The number of alkyl halides is 6. The molecular formula is C23H32F6N4O5. The Hall–Kier alpha value is -2.94. The quantitative estimate of drug-likeness (QED) is 0.542. The molecule has 0 unspecified atom stereocenters. The third-order valence-corrected chi connectivity index (χ3v) is 5.99. The lowest BCUT2D eigenvalue weighted by Crippen LogP contribution is -2.67. The molecule has 1 spiro atoms. The van der Waals surface area contributed by atoms with Crippen LogP contribution in [0, 0.1) is 5.92 Å². The smallest absolute Gasteiger partial charge is 0.475 e. The van der Waals surface area contributed by atoms with Gasteiger partial charge in [-0.1, -0.05) is 19.9 Å². The average Bonchev–Trinajstić information content (AvgIpc) is 2.81. The summed E-state index contributed by atoms with van der Waals surface area (Å²) >= 11 is 0. The molecule has 3 heterocycles. The van der Waals surface area contributed by atoms with E-state index in [1.54, 1.807) is 0 Å². The maximum absolute atomic E-state index is 13.2. The summed E-state index contributed by atoms with van der Waals surface area (Å²) in [6.45, 7) is 9.91. The lowest BCUT2D eigenvalue weighted by Gasteiger charge is -2.52. The Morgan fingerprint density at radius 3 is 1.87 bits per heavy atom. The van der Waals surface area contributed by atoms with Gasteiger partial charge in [0, 0.05) is 45.5 Å². The largest absolute Gasteiger partial charge is 0.490 e. The first kappa shape index (κ1) is 33.1. The van der Waals surface area contributed by atoms with Crippen molar-refractivity contribution in [2.45, 2.75) is 51.1 Å². The Bertz CT molecular complexity index is 895. The maximum atomic E-state index is 13.2. The molecule has 3 rings (SSSR count). The fourth-order valence-corrected chi connectivity index (χ4v) is 4.06. The topological polar surface area (TPSA) is 114 Å². The molecule has 15 heteroatoms. The van der Waals surface area contributed by atoms with Crippen LogP contribution in [0.25, 0.3) is 0 Å². The molecule has 1 amide bonds. The van der Waals surface area contributed by atoms with Crippen LogP contribution in [0.1, 0.15) is 32.4 Å². The van der Waals surface area contributed by atoms with Crippen LogP contribution in [-0.2, 0) is 20.9 Å². The van der Waals surface area contributed by atoms with E-state index in [0.29, 0.717) is 11.8 Å². The minimum Gasteiger partial charge on any atom is -0.475 e. The number of halogens is 6. The molecule has 38 heavy (non-hydrogen) atoms. The molecule has 2 saturated heterocycles. The van der Waals surface area contributed by atoms with Crippen LogP contribution < -0.4 is 0 Å². The van der Waals surface area contributed by atoms with Crippen molar-refractivity contribution >= 4 is 17.8 Å². The van der Waals surface area contributed by atoms with Gasteiger partial charge in [-0.05, 0) is 37.9 Å². The SMILES string of the molecule is CC(C)CN1CCN(C)C2(CCN(Cc3ccccn3)CC2)C1=O.O=C(O)C(F)(F)F.O=C(O)C(F)(F)F. The van der Waals surface area contributed by atoms with Crippen LogP contribution in [0.5, 0.6) is 0 Å². The number of aromatic nitrogens is 1. The van der Waals surface area contributed by atoms with Crippen molar-refractivity contribution in [3.63, 3.8) is 0 Å². The highest BCUT2D eigenvalue weighted by Crippen LogP contribution is 2.33. The van der Waals surface area contributed by atoms with Crippen LogP contribution in [0.15, 0.2) is 24.4 Å². The molecule has 0 bridgehead atoms. The van der Waals surface area contributed by atoms with Gasteiger partial charge in [-0.2, -0.15) is 26.3 Å². The van der Waals surface area contributed by atoms with Gasteiger partial charge in [0.1, 0.15) is 5.54 Å². The number of piperidine rings is 1. The Labute approximate surface area is 216 Å². The molecule has 0 atom stereocenters. The second kappa shape index (κ2) is 13.7. The number of carboxylic acids is 2. The van der Waals surface area contributed by atoms with E-state index < -0.39 is 24.3 Å². The molecule has 0 radical (unpaired) electrons. The molecule has 0 saturated carbocycles. The number of hydrogen-bond donors (Lipinski definition) is 2. The monoisotopic (exact) mass is 558 g/mol. The first-order chi connectivity index (χ1) is 17.4. The zero-order valence-electron chi connectivity index (χ0n) is 21.2. The molecule has 216 valence electrons. The number of hydrogen-bond acceptors (Lipinski definition) is 6. The van der Waals surface area contributed by atoms with Gasteiger partial charge in [-0.3, -0.25) is 19.6 Å². The molecule has 2 aliphatic heterocycles. The van der Waals surface area contributed by atoms with Crippen LogP contribution in [0.3, 0.4) is 0 Å². The maximum Gasteiger partial charge on any atom is 0.490 e. The highest BCUT2D eigenvalue weighted by Gasteiger charge is 2.49. The number of likely N-dealkylation sites (tertiary alicyclic amines) is 1. The van der Waals surface area contributed by atoms with Crippen molar-refractivity contribution in [2.75, 3.05) is 39.8 Å². The van der Waals surface area contributed by atoms with Crippen LogP contribution in [0.4, 0.5) is 26.3 Å². The first-order valence-corrected chi connectivity index (χ1v) is 11.6. The van der Waals surface area contributed by atoms with Crippen LogP contribution in [-0.4, -0.2) is 105 Å². The van der Waals surface area contributed by atoms with Crippen LogP contribution >= 0.6 is 0 Å². The Balaban J connectivity index is 0.000000426. The third-order valence-electron chi connectivity index (χ3n) is 5.99. The molecule has 1 aromatic heterocycles. The van der Waals surface area contributed by atoms with Crippen molar-refractivity contribution < 1.29 is 50.9 Å². The number of likely N-dealkylation sites (N-methyl/N-ethyl adjacent to an activating group) is 1. The highest BCUT2D eigenvalue weighted by molar-refractivity contribution is 5.87. The van der Waals surface area contributed by atoms with E-state index in [9.17, 15) is 31.1 Å². The third kappa shape index (κ3) is 10.1. The zero-order chi connectivity index (χ0) is 29.3. The average molecular weight is 559 g/mol. The second-order valence-corrected chi connectivity index (χ2v) is 9.30. The summed E-state index contributed by atoms with van der Waals surface area (Å²) in [5.74, 6) is -4.64. The van der Waals surface area contributed by atoms with Gasteiger partial charge in [-0.15, -0.1) is 0 Å². The lowest BCUT2D eigenvalue weighted by molar-refractivity contribution is -0.193. The lowest BCUT2D eigenvalue weighted by atomic mass is 9.82. The van der Waals surface area contributed by atoms with Crippen molar-refractivity contribution in [1.29, 1.82) is 0 Å². The van der Waals surface area contributed by atoms with Gasteiger partial charge in [-0.25, -0.2) is 9.59 Å². The molecule has 0 aliphatic carbocycles. The number of aliphatic carboxylic acids is 2. The number of carbonyl (C=O) groups is 3. The van der Waals surface area contributed by atoms with E-state index in [2.05, 4.69) is 46.6 Å². The van der Waals surface area contributed by atoms with E-state index in [0.717, 1.165) is 57.8 Å². The molecule has 2 fully saturated rings. The summed E-state index contributed by atoms with van der Waals surface area (Å²) < 4.78 is 63.5. The Morgan fingerprint density at radius 1 is 0.974 bits per heavy atom. The number of carboxylic acid groups (broad SMARTS) is 2. The predicted octanol–water partition coefficient (Wildman–Crippen LogP) is 3.11. The fourth-order valence-electron chi connectivity index (χ4n) is 4.06. The van der Waals surface area contributed by atoms with Crippen molar-refractivity contribution in [2.24, 2.45) is 5.92 Å². The zero-order valence-corrected chi connectivity index (χ0v) is 21.2. The van der Waals surface area contributed by atoms with Crippen molar-refractivity contribution in [3.05, 3.63) is 30.1 Å². The summed E-state index contributed by atoms with van der Waals surface area (Å²) in [6, 6.07) is 6.07. The van der Waals surface area contributed by atoms with Gasteiger partial charge in [0.2, 0.25) is 5.91 Å². The normalized spacial score (nSPS) is 18.4. The summed E-state index contributed by atoms with van der Waals surface area (Å²) in [5, 5.41) is 14.2. The first-order valence-electron chi connectivity index (χ1n) is 11.6. The van der Waals surface area contributed by atoms with E-state index in [4.69, 9.17) is 19.8 Å². The van der Waals surface area contributed by atoms with Crippen LogP contribution in [0.2, 0.25) is 0 Å². The second-order valence-electron chi connectivity index (χ2n) is 9.30. The molecule has 1 aromatic rings. The molecule has 2 N–H and O–H groups in total. The minimum atomic E-state index is -5.08. The summed E-state index contributed by atoms with van der Waals surface area (Å²) in [7, 11) is 2.12.